The van der Waals surface area contributed by atoms with Crippen LogP contribution in [0.3, 0.4) is 0 Å². The van der Waals surface area contributed by atoms with Crippen molar-refractivity contribution in [1.29, 1.82) is 0 Å². The minimum Gasteiger partial charge on any atom is -0.325 e. The van der Waals surface area contributed by atoms with Gasteiger partial charge in [-0.2, -0.15) is 0 Å². The Labute approximate surface area is 215 Å². The van der Waals surface area contributed by atoms with Gasteiger partial charge in [-0.1, -0.05) is 48.0 Å². The van der Waals surface area contributed by atoms with Gasteiger partial charge in [-0.05, 0) is 73.2 Å². The van der Waals surface area contributed by atoms with E-state index in [0.29, 0.717) is 11.4 Å². The van der Waals surface area contributed by atoms with Crippen LogP contribution in [0, 0.1) is 12.7 Å². The fourth-order valence-corrected chi connectivity index (χ4v) is 5.75. The molecule has 0 unspecified atom stereocenters. The highest BCUT2D eigenvalue weighted by molar-refractivity contribution is 7.98. The third-order valence-corrected chi connectivity index (χ3v) is 8.27. The van der Waals surface area contributed by atoms with Gasteiger partial charge in [0.1, 0.15) is 12.4 Å². The van der Waals surface area contributed by atoms with Crippen molar-refractivity contribution in [3.8, 4) is 0 Å². The van der Waals surface area contributed by atoms with Crippen LogP contribution in [0.5, 0.6) is 0 Å². The first kappa shape index (κ1) is 25.5. The van der Waals surface area contributed by atoms with Gasteiger partial charge in [-0.3, -0.25) is 9.10 Å². The number of thioether (sulfide) groups is 1. The summed E-state index contributed by atoms with van der Waals surface area (Å²) in [4.78, 5) is 14.0. The number of hydrogen-bond acceptors (Lipinski definition) is 4. The molecule has 1 amide bonds. The van der Waals surface area contributed by atoms with E-state index < -0.39 is 28.3 Å². The molecular formula is C28H25FN2O3S2. The Morgan fingerprint density at radius 3 is 2.14 bits per heavy atom. The van der Waals surface area contributed by atoms with Crippen molar-refractivity contribution < 1.29 is 17.6 Å². The van der Waals surface area contributed by atoms with Crippen LogP contribution in [-0.2, 0) is 20.6 Å². The number of carbonyl (C=O) groups excluding carboxylic acids is 1. The maximum atomic E-state index is 13.4. The van der Waals surface area contributed by atoms with E-state index in [1.165, 1.54) is 17.0 Å². The molecule has 0 atom stereocenters. The summed E-state index contributed by atoms with van der Waals surface area (Å²) in [7, 11) is -4.11. The molecule has 4 aromatic rings. The molecule has 5 nitrogen and oxygen atoms in total. The lowest BCUT2D eigenvalue weighted by Gasteiger charge is -2.24. The van der Waals surface area contributed by atoms with Crippen molar-refractivity contribution in [3.05, 3.63) is 120 Å². The minimum atomic E-state index is -4.11. The van der Waals surface area contributed by atoms with Gasteiger partial charge >= 0.3 is 0 Å². The van der Waals surface area contributed by atoms with E-state index in [9.17, 15) is 17.6 Å². The van der Waals surface area contributed by atoms with Crippen LogP contribution < -0.4 is 9.62 Å². The van der Waals surface area contributed by atoms with E-state index >= 15 is 0 Å². The molecule has 1 N–H and O–H groups in total. The zero-order chi connectivity index (χ0) is 25.5. The Morgan fingerprint density at radius 1 is 0.861 bits per heavy atom. The van der Waals surface area contributed by atoms with Gasteiger partial charge in [-0.25, -0.2) is 12.8 Å². The smallest absolute Gasteiger partial charge is 0.264 e. The van der Waals surface area contributed by atoms with Crippen molar-refractivity contribution in [2.75, 3.05) is 16.2 Å². The highest BCUT2D eigenvalue weighted by Gasteiger charge is 2.27. The van der Waals surface area contributed by atoms with Gasteiger partial charge in [0, 0.05) is 16.3 Å². The Hall–Kier alpha value is -3.62. The molecule has 0 spiro atoms. The van der Waals surface area contributed by atoms with Crippen molar-refractivity contribution in [2.24, 2.45) is 0 Å². The molecule has 8 heteroatoms. The number of anilines is 2. The molecule has 0 saturated heterocycles. The lowest BCUT2D eigenvalue weighted by molar-refractivity contribution is -0.114. The van der Waals surface area contributed by atoms with E-state index in [1.807, 2.05) is 37.3 Å². The summed E-state index contributed by atoms with van der Waals surface area (Å²) in [6, 6.07) is 28.9. The highest BCUT2D eigenvalue weighted by atomic mass is 32.2. The molecule has 4 aromatic carbocycles. The van der Waals surface area contributed by atoms with Gasteiger partial charge in [0.15, 0.2) is 0 Å². The Balaban J connectivity index is 1.48. The zero-order valence-electron chi connectivity index (χ0n) is 19.6. The maximum absolute atomic E-state index is 13.4. The van der Waals surface area contributed by atoms with Gasteiger partial charge < -0.3 is 5.32 Å². The van der Waals surface area contributed by atoms with Crippen LogP contribution >= 0.6 is 11.8 Å². The van der Waals surface area contributed by atoms with E-state index in [1.54, 1.807) is 48.2 Å². The van der Waals surface area contributed by atoms with Crippen molar-refractivity contribution in [2.45, 2.75) is 22.5 Å². The number of benzene rings is 4. The van der Waals surface area contributed by atoms with Gasteiger partial charge in [-0.15, -0.1) is 11.8 Å². The Bertz CT molecular complexity index is 1410. The molecule has 4 rings (SSSR count). The molecule has 0 aromatic heterocycles. The number of nitrogens with one attached hydrogen (secondary N) is 1. The Kier molecular flexibility index (Phi) is 8.07. The number of rotatable bonds is 9. The van der Waals surface area contributed by atoms with Crippen LogP contribution in [0.2, 0.25) is 0 Å². The second-order valence-corrected chi connectivity index (χ2v) is 11.1. The normalized spacial score (nSPS) is 11.2. The number of hydrogen-bond donors (Lipinski definition) is 1. The van der Waals surface area contributed by atoms with Gasteiger partial charge in [0.2, 0.25) is 5.91 Å². The minimum absolute atomic E-state index is 0.0995. The average Bonchev–Trinajstić information content (AvgIpc) is 2.88. The number of carbonyl (C=O) groups is 1. The van der Waals surface area contributed by atoms with E-state index in [2.05, 4.69) is 17.4 Å². The monoisotopic (exact) mass is 520 g/mol. The van der Waals surface area contributed by atoms with Crippen molar-refractivity contribution in [1.82, 2.24) is 0 Å². The fraction of sp³-hybridized carbons (Fsp3) is 0.107. The summed E-state index contributed by atoms with van der Waals surface area (Å²) >= 11 is 1.72. The second-order valence-electron chi connectivity index (χ2n) is 8.15. The van der Waals surface area contributed by atoms with Crippen LogP contribution in [-0.4, -0.2) is 20.9 Å². The standard InChI is InChI=1S/C28H25FN2O3S2/c1-21-7-15-25(16-8-21)31(36(33,34)27-17-11-23(29)12-18-27)19-28(32)30-24-13-9-22(10-14-24)20-35-26-5-3-2-4-6-26/h2-18H,19-20H2,1H3,(H,30,32). The molecule has 0 heterocycles. The van der Waals surface area contributed by atoms with Gasteiger partial charge in [0.05, 0.1) is 10.6 Å². The fourth-order valence-electron chi connectivity index (χ4n) is 3.46. The predicted octanol–water partition coefficient (Wildman–Crippen LogP) is 6.26. The molecule has 0 bridgehead atoms. The lowest BCUT2D eigenvalue weighted by Crippen LogP contribution is -2.38. The molecule has 0 aliphatic rings. The summed E-state index contributed by atoms with van der Waals surface area (Å²) in [6.45, 7) is 1.45. The molecule has 0 fully saturated rings. The van der Waals surface area contributed by atoms with Crippen molar-refractivity contribution in [3.63, 3.8) is 0 Å². The summed E-state index contributed by atoms with van der Waals surface area (Å²) in [5.41, 5.74) is 2.96. The molecule has 0 aliphatic heterocycles. The van der Waals surface area contributed by atoms with Crippen molar-refractivity contribution >= 4 is 39.1 Å². The average molecular weight is 521 g/mol. The number of halogens is 1. The zero-order valence-corrected chi connectivity index (χ0v) is 21.2. The second kappa shape index (κ2) is 11.4. The summed E-state index contributed by atoms with van der Waals surface area (Å²) in [5.74, 6) is -0.248. The predicted molar refractivity (Wildman–Crippen MR) is 143 cm³/mol. The maximum Gasteiger partial charge on any atom is 0.264 e. The molecule has 0 aliphatic carbocycles. The summed E-state index contributed by atoms with van der Waals surface area (Å²) in [6.07, 6.45) is 0. The summed E-state index contributed by atoms with van der Waals surface area (Å²) in [5, 5.41) is 2.78. The SMILES string of the molecule is Cc1ccc(N(CC(=O)Nc2ccc(CSc3ccccc3)cc2)S(=O)(=O)c2ccc(F)cc2)cc1. The third kappa shape index (κ3) is 6.53. The number of amides is 1. The molecule has 0 saturated carbocycles. The largest absolute Gasteiger partial charge is 0.325 e. The van der Waals surface area contributed by atoms with Crippen LogP contribution in [0.15, 0.2) is 113 Å². The molecular weight excluding hydrogens is 495 g/mol. The highest BCUT2D eigenvalue weighted by Crippen LogP contribution is 2.25. The third-order valence-electron chi connectivity index (χ3n) is 5.40. The van der Waals surface area contributed by atoms with E-state index in [0.717, 1.165) is 33.3 Å². The first-order chi connectivity index (χ1) is 17.3. The van der Waals surface area contributed by atoms with E-state index in [4.69, 9.17) is 0 Å². The summed E-state index contributed by atoms with van der Waals surface area (Å²) < 4.78 is 41.2. The van der Waals surface area contributed by atoms with Crippen LogP contribution in [0.1, 0.15) is 11.1 Å². The quantitative estimate of drug-likeness (QED) is 0.265. The van der Waals surface area contributed by atoms with E-state index in [-0.39, 0.29) is 4.90 Å². The first-order valence-corrected chi connectivity index (χ1v) is 13.7. The Morgan fingerprint density at radius 2 is 1.50 bits per heavy atom. The van der Waals surface area contributed by atoms with Crippen LogP contribution in [0.25, 0.3) is 0 Å². The lowest BCUT2D eigenvalue weighted by atomic mass is 10.2. The number of aryl methyl sites for hydroxylation is 1. The molecule has 0 radical (unpaired) electrons. The van der Waals surface area contributed by atoms with Gasteiger partial charge in [0.25, 0.3) is 10.0 Å². The molecule has 36 heavy (non-hydrogen) atoms. The number of sulfonamides is 1. The van der Waals surface area contributed by atoms with Crippen LogP contribution in [0.4, 0.5) is 15.8 Å². The first-order valence-electron chi connectivity index (χ1n) is 11.2. The topological polar surface area (TPSA) is 66.5 Å². The molecule has 184 valence electrons. The number of nitrogens with zero attached hydrogens (tertiary/aromatic N) is 1.